The number of carbonyl (C=O) groups is 1. The summed E-state index contributed by atoms with van der Waals surface area (Å²) in [6.07, 6.45) is 2.29. The highest BCUT2D eigenvalue weighted by atomic mass is 32.2. The topological polar surface area (TPSA) is 76.0 Å². The van der Waals surface area contributed by atoms with E-state index in [0.29, 0.717) is 12.1 Å². The predicted octanol–water partition coefficient (Wildman–Crippen LogP) is 3.27. The van der Waals surface area contributed by atoms with Crippen LogP contribution in [0.15, 0.2) is 64.7 Å². The van der Waals surface area contributed by atoms with E-state index in [1.807, 2.05) is 45.0 Å². The van der Waals surface area contributed by atoms with Gasteiger partial charge in [0.05, 0.1) is 5.70 Å². The largest absolute Gasteiger partial charge is 0.358 e. The molecule has 144 valence electrons. The summed E-state index contributed by atoms with van der Waals surface area (Å²) in [6.45, 7) is 5.81. The quantitative estimate of drug-likeness (QED) is 0.746. The smallest absolute Gasteiger partial charge is 0.300 e. The van der Waals surface area contributed by atoms with E-state index in [1.165, 1.54) is 12.1 Å². The Hall–Kier alpha value is -2.93. The van der Waals surface area contributed by atoms with Crippen LogP contribution in [0.25, 0.3) is 5.70 Å². The summed E-state index contributed by atoms with van der Waals surface area (Å²) >= 11 is 0. The summed E-state index contributed by atoms with van der Waals surface area (Å²) in [5, 5.41) is 3.70. The maximum atomic E-state index is 12.9. The maximum Gasteiger partial charge on any atom is 0.358 e. The zero-order chi connectivity index (χ0) is 20.1. The summed E-state index contributed by atoms with van der Waals surface area (Å²) in [4.78, 5) is 14.6. The zero-order valence-corrected chi connectivity index (χ0v) is 16.7. The SMILES string of the molecule is Cc1ccc(S(=O)(=O)O/N=C2/C=C3c4ccccc4CC(C)(C)N3C2=O)cc1. The van der Waals surface area contributed by atoms with Gasteiger partial charge in [0, 0.05) is 11.1 Å². The molecule has 0 saturated heterocycles. The third kappa shape index (κ3) is 3.01. The van der Waals surface area contributed by atoms with Gasteiger partial charge >= 0.3 is 10.1 Å². The molecule has 0 atom stereocenters. The van der Waals surface area contributed by atoms with Crippen LogP contribution in [0.3, 0.4) is 0 Å². The van der Waals surface area contributed by atoms with Gasteiger partial charge in [0.15, 0.2) is 5.71 Å². The molecule has 0 saturated carbocycles. The van der Waals surface area contributed by atoms with Gasteiger partial charge in [0.1, 0.15) is 4.90 Å². The summed E-state index contributed by atoms with van der Waals surface area (Å²) < 4.78 is 29.6. The highest BCUT2D eigenvalue weighted by Crippen LogP contribution is 2.41. The number of benzene rings is 2. The van der Waals surface area contributed by atoms with E-state index in [0.717, 1.165) is 16.7 Å². The molecule has 28 heavy (non-hydrogen) atoms. The highest BCUT2D eigenvalue weighted by molar-refractivity contribution is 7.86. The van der Waals surface area contributed by atoms with Gasteiger partial charge in [-0.25, -0.2) is 0 Å². The Labute approximate surface area is 164 Å². The minimum atomic E-state index is -4.10. The fourth-order valence-electron chi connectivity index (χ4n) is 3.65. The van der Waals surface area contributed by atoms with E-state index in [9.17, 15) is 13.2 Å². The van der Waals surface area contributed by atoms with Crippen LogP contribution in [0, 0.1) is 6.92 Å². The standard InChI is InChI=1S/C21H20N2O4S/c1-14-8-10-16(11-9-14)28(25,26)27-22-18-12-19-17-7-5-4-6-15(17)13-21(2,3)23(19)20(18)24/h4-12H,13H2,1-3H3/b22-18-. The molecule has 2 aromatic rings. The van der Waals surface area contributed by atoms with Gasteiger partial charge < -0.3 is 4.90 Å². The van der Waals surface area contributed by atoms with Crippen molar-refractivity contribution in [3.63, 3.8) is 0 Å². The van der Waals surface area contributed by atoms with Crippen molar-refractivity contribution >= 4 is 27.4 Å². The first-order chi connectivity index (χ1) is 13.2. The molecule has 2 aliphatic heterocycles. The Kier molecular flexibility index (Phi) is 4.15. The molecular weight excluding hydrogens is 376 g/mol. The first-order valence-electron chi connectivity index (χ1n) is 8.92. The Morgan fingerprint density at radius 1 is 1.07 bits per heavy atom. The van der Waals surface area contributed by atoms with Gasteiger partial charge in [-0.3, -0.25) is 9.08 Å². The lowest BCUT2D eigenvalue weighted by Crippen LogP contribution is -2.49. The van der Waals surface area contributed by atoms with Gasteiger partial charge in [-0.2, -0.15) is 8.42 Å². The van der Waals surface area contributed by atoms with E-state index in [-0.39, 0.29) is 16.5 Å². The van der Waals surface area contributed by atoms with E-state index >= 15 is 0 Å². The number of amides is 1. The van der Waals surface area contributed by atoms with Crippen molar-refractivity contribution in [1.29, 1.82) is 0 Å². The van der Waals surface area contributed by atoms with Gasteiger partial charge in [-0.15, -0.1) is 0 Å². The van der Waals surface area contributed by atoms with Crippen LogP contribution in [0.5, 0.6) is 0 Å². The Bertz CT molecular complexity index is 1130. The van der Waals surface area contributed by atoms with Crippen LogP contribution in [-0.4, -0.2) is 30.5 Å². The van der Waals surface area contributed by atoms with E-state index in [4.69, 9.17) is 4.28 Å². The molecular formula is C21H20N2O4S. The average molecular weight is 396 g/mol. The number of hydrogen-bond donors (Lipinski definition) is 0. The van der Waals surface area contributed by atoms with Gasteiger partial charge in [-0.1, -0.05) is 47.1 Å². The molecule has 2 heterocycles. The molecule has 0 spiro atoms. The zero-order valence-electron chi connectivity index (χ0n) is 15.8. The molecule has 6 nitrogen and oxygen atoms in total. The van der Waals surface area contributed by atoms with Crippen molar-refractivity contribution in [2.45, 2.75) is 37.6 Å². The number of nitrogens with zero attached hydrogens (tertiary/aromatic N) is 2. The molecule has 0 radical (unpaired) electrons. The summed E-state index contributed by atoms with van der Waals surface area (Å²) in [5.74, 6) is -0.367. The second kappa shape index (κ2) is 6.31. The van der Waals surface area contributed by atoms with Crippen LogP contribution < -0.4 is 0 Å². The molecule has 7 heteroatoms. The molecule has 1 amide bonds. The molecule has 4 rings (SSSR count). The lowest BCUT2D eigenvalue weighted by molar-refractivity contribution is -0.124. The molecule has 0 aliphatic carbocycles. The molecule has 2 aromatic carbocycles. The average Bonchev–Trinajstić information content (AvgIpc) is 2.98. The second-order valence-corrected chi connectivity index (χ2v) is 9.16. The number of carbonyl (C=O) groups excluding carboxylic acids is 1. The van der Waals surface area contributed by atoms with Crippen molar-refractivity contribution in [1.82, 2.24) is 4.90 Å². The molecule has 0 bridgehead atoms. The number of oxime groups is 1. The number of rotatable bonds is 3. The van der Waals surface area contributed by atoms with Gasteiger partial charge in [0.25, 0.3) is 5.91 Å². The molecule has 0 aromatic heterocycles. The molecule has 0 fully saturated rings. The number of aryl methyl sites for hydroxylation is 1. The van der Waals surface area contributed by atoms with E-state index in [2.05, 4.69) is 5.16 Å². The van der Waals surface area contributed by atoms with Crippen LogP contribution in [0.1, 0.15) is 30.5 Å². The Morgan fingerprint density at radius 3 is 2.46 bits per heavy atom. The van der Waals surface area contributed by atoms with Crippen LogP contribution in [-0.2, 0) is 25.6 Å². The Balaban J connectivity index is 1.70. The minimum Gasteiger partial charge on any atom is -0.300 e. The van der Waals surface area contributed by atoms with Crippen molar-refractivity contribution in [2.24, 2.45) is 5.16 Å². The number of hydrogen-bond acceptors (Lipinski definition) is 5. The minimum absolute atomic E-state index is 0.0102. The lowest BCUT2D eigenvalue weighted by atomic mass is 9.84. The van der Waals surface area contributed by atoms with Crippen molar-refractivity contribution in [2.75, 3.05) is 0 Å². The maximum absolute atomic E-state index is 12.9. The van der Waals surface area contributed by atoms with Crippen molar-refractivity contribution in [3.8, 4) is 0 Å². The van der Waals surface area contributed by atoms with E-state index < -0.39 is 15.7 Å². The first kappa shape index (κ1) is 18.4. The monoisotopic (exact) mass is 396 g/mol. The highest BCUT2D eigenvalue weighted by Gasteiger charge is 2.44. The van der Waals surface area contributed by atoms with Gasteiger partial charge in [0.2, 0.25) is 0 Å². The van der Waals surface area contributed by atoms with Crippen LogP contribution in [0.4, 0.5) is 0 Å². The third-order valence-electron chi connectivity index (χ3n) is 5.00. The predicted molar refractivity (Wildman–Crippen MR) is 106 cm³/mol. The fourth-order valence-corrected chi connectivity index (χ4v) is 4.38. The summed E-state index contributed by atoms with van der Waals surface area (Å²) in [5.41, 5.74) is 3.24. The van der Waals surface area contributed by atoms with Crippen LogP contribution >= 0.6 is 0 Å². The molecule has 0 unspecified atom stereocenters. The second-order valence-electron chi connectivity index (χ2n) is 7.63. The molecule has 0 N–H and O–H groups in total. The first-order valence-corrected chi connectivity index (χ1v) is 10.3. The van der Waals surface area contributed by atoms with Crippen LogP contribution in [0.2, 0.25) is 0 Å². The van der Waals surface area contributed by atoms with Crippen molar-refractivity contribution < 1.29 is 17.5 Å². The fraction of sp³-hybridized carbons (Fsp3) is 0.238. The van der Waals surface area contributed by atoms with Gasteiger partial charge in [-0.05, 0) is 51.0 Å². The number of fused-ring (bicyclic) bond motifs is 3. The normalized spacial score (nSPS) is 19.2. The van der Waals surface area contributed by atoms with E-state index in [1.54, 1.807) is 23.1 Å². The summed E-state index contributed by atoms with van der Waals surface area (Å²) in [7, 11) is -4.10. The third-order valence-corrected chi connectivity index (χ3v) is 6.12. The lowest BCUT2D eigenvalue weighted by Gasteiger charge is -2.42. The summed E-state index contributed by atoms with van der Waals surface area (Å²) in [6, 6.07) is 14.1. The molecule has 2 aliphatic rings. The van der Waals surface area contributed by atoms with Crippen molar-refractivity contribution in [3.05, 3.63) is 71.3 Å². The Morgan fingerprint density at radius 2 is 1.75 bits per heavy atom.